The number of hydrogen-bond donors (Lipinski definition) is 1. The molecule has 0 aliphatic rings. The van der Waals surface area contributed by atoms with Gasteiger partial charge in [0.05, 0.1) is 17.6 Å². The molecule has 0 fully saturated rings. The molecule has 146 valence electrons. The molecule has 0 atom stereocenters. The van der Waals surface area contributed by atoms with Crippen LogP contribution < -0.4 is 10.1 Å². The summed E-state index contributed by atoms with van der Waals surface area (Å²) in [7, 11) is 0. The number of para-hydroxylation sites is 2. The molecule has 1 N–H and O–H groups in total. The van der Waals surface area contributed by atoms with Crippen molar-refractivity contribution >= 4 is 28.7 Å². The van der Waals surface area contributed by atoms with Gasteiger partial charge in [-0.2, -0.15) is 0 Å². The predicted octanol–water partition coefficient (Wildman–Crippen LogP) is 4.45. The van der Waals surface area contributed by atoms with E-state index in [1.165, 1.54) is 0 Å². The number of nitrogens with zero attached hydrogens (tertiary/aromatic N) is 2. The first-order valence-electron chi connectivity index (χ1n) is 9.63. The first-order valence-corrected chi connectivity index (χ1v) is 9.63. The van der Waals surface area contributed by atoms with E-state index in [-0.39, 0.29) is 24.5 Å². The summed E-state index contributed by atoms with van der Waals surface area (Å²) in [6.45, 7) is 5.33. The van der Waals surface area contributed by atoms with Crippen LogP contribution in [-0.4, -0.2) is 27.8 Å². The van der Waals surface area contributed by atoms with Crippen LogP contribution in [0.3, 0.4) is 0 Å². The molecule has 3 aromatic rings. The van der Waals surface area contributed by atoms with Gasteiger partial charge in [0.1, 0.15) is 5.75 Å². The maximum atomic E-state index is 12.4. The number of ether oxygens (including phenoxy) is 1. The van der Waals surface area contributed by atoms with E-state index in [9.17, 15) is 9.59 Å². The maximum absolute atomic E-state index is 12.4. The van der Waals surface area contributed by atoms with Crippen LogP contribution in [-0.2, 0) is 11.3 Å². The summed E-state index contributed by atoms with van der Waals surface area (Å²) in [4.78, 5) is 29.2. The summed E-state index contributed by atoms with van der Waals surface area (Å²) in [6, 6.07) is 14.8. The van der Waals surface area contributed by atoms with E-state index in [0.29, 0.717) is 18.1 Å². The maximum Gasteiger partial charge on any atom is 0.227 e. The highest BCUT2D eigenvalue weighted by Gasteiger charge is 2.14. The molecule has 0 bridgehead atoms. The number of nitrogens with one attached hydrogen (secondary N) is 1. The van der Waals surface area contributed by atoms with Crippen LogP contribution in [0.5, 0.6) is 5.75 Å². The molecule has 2 aromatic carbocycles. The Bertz CT molecular complexity index is 961. The zero-order chi connectivity index (χ0) is 19.9. The van der Waals surface area contributed by atoms with E-state index in [2.05, 4.69) is 17.2 Å². The molecule has 0 spiro atoms. The fourth-order valence-corrected chi connectivity index (χ4v) is 3.08. The van der Waals surface area contributed by atoms with Crippen molar-refractivity contribution in [2.24, 2.45) is 0 Å². The molecular weight excluding hydrogens is 354 g/mol. The van der Waals surface area contributed by atoms with Crippen molar-refractivity contribution in [2.75, 3.05) is 11.9 Å². The lowest BCUT2D eigenvalue weighted by molar-refractivity contribution is -0.116. The smallest absolute Gasteiger partial charge is 0.227 e. The number of rotatable bonds is 9. The minimum absolute atomic E-state index is 0.0692. The van der Waals surface area contributed by atoms with Gasteiger partial charge < -0.3 is 9.30 Å². The number of carbonyl (C=O) groups is 2. The Balaban J connectivity index is 1.62. The molecule has 0 unspecified atom stereocenters. The Labute approximate surface area is 164 Å². The van der Waals surface area contributed by atoms with Gasteiger partial charge in [-0.1, -0.05) is 19.1 Å². The van der Waals surface area contributed by atoms with E-state index in [4.69, 9.17) is 4.74 Å². The second kappa shape index (κ2) is 9.17. The third-order valence-electron chi connectivity index (χ3n) is 4.42. The fourth-order valence-electron chi connectivity index (χ4n) is 3.08. The van der Waals surface area contributed by atoms with Crippen LogP contribution in [0.15, 0.2) is 48.5 Å². The van der Waals surface area contributed by atoms with Crippen molar-refractivity contribution < 1.29 is 14.3 Å². The number of fused-ring (bicyclic) bond motifs is 1. The van der Waals surface area contributed by atoms with Gasteiger partial charge in [0.15, 0.2) is 5.78 Å². The predicted molar refractivity (Wildman–Crippen MR) is 110 cm³/mol. The molecule has 1 aromatic heterocycles. The van der Waals surface area contributed by atoms with Crippen molar-refractivity contribution in [3.63, 3.8) is 0 Å². The van der Waals surface area contributed by atoms with Crippen molar-refractivity contribution in [1.82, 2.24) is 9.55 Å². The van der Waals surface area contributed by atoms with Crippen LogP contribution in [0.4, 0.5) is 5.95 Å². The minimum Gasteiger partial charge on any atom is -0.494 e. The largest absolute Gasteiger partial charge is 0.494 e. The first-order chi connectivity index (χ1) is 13.6. The Morgan fingerprint density at radius 2 is 1.79 bits per heavy atom. The normalized spacial score (nSPS) is 10.8. The number of carbonyl (C=O) groups excluding carboxylic acids is 2. The van der Waals surface area contributed by atoms with E-state index >= 15 is 0 Å². The molecular formula is C22H25N3O3. The Morgan fingerprint density at radius 3 is 2.50 bits per heavy atom. The lowest BCUT2D eigenvalue weighted by atomic mass is 10.1. The number of imidazole rings is 1. The summed E-state index contributed by atoms with van der Waals surface area (Å²) in [5.41, 5.74) is 2.41. The number of anilines is 1. The first kappa shape index (κ1) is 19.6. The van der Waals surface area contributed by atoms with Gasteiger partial charge in [-0.25, -0.2) is 4.98 Å². The van der Waals surface area contributed by atoms with Gasteiger partial charge in [-0.3, -0.25) is 14.9 Å². The average molecular weight is 379 g/mol. The summed E-state index contributed by atoms with van der Waals surface area (Å²) < 4.78 is 7.38. The molecule has 0 radical (unpaired) electrons. The van der Waals surface area contributed by atoms with Crippen LogP contribution in [0.1, 0.15) is 43.5 Å². The Kier molecular flexibility index (Phi) is 6.42. The molecule has 28 heavy (non-hydrogen) atoms. The summed E-state index contributed by atoms with van der Waals surface area (Å²) in [5, 5.41) is 2.86. The van der Waals surface area contributed by atoms with E-state index < -0.39 is 0 Å². The highest BCUT2D eigenvalue weighted by atomic mass is 16.5. The summed E-state index contributed by atoms with van der Waals surface area (Å²) in [6.07, 6.45) is 1.19. The quantitative estimate of drug-likeness (QED) is 0.558. The zero-order valence-corrected chi connectivity index (χ0v) is 16.3. The number of aryl methyl sites for hydroxylation is 1. The lowest BCUT2D eigenvalue weighted by Gasteiger charge is -2.09. The van der Waals surface area contributed by atoms with Gasteiger partial charge in [-0.15, -0.1) is 0 Å². The molecule has 6 heteroatoms. The van der Waals surface area contributed by atoms with E-state index in [1.807, 2.05) is 35.8 Å². The third-order valence-corrected chi connectivity index (χ3v) is 4.42. The molecule has 0 saturated carbocycles. The number of Topliss-reactive ketones (excluding diaryl/α,β-unsaturated/α-hetero) is 1. The van der Waals surface area contributed by atoms with E-state index in [1.54, 1.807) is 24.3 Å². The average Bonchev–Trinajstić information content (AvgIpc) is 3.04. The van der Waals surface area contributed by atoms with Gasteiger partial charge in [0, 0.05) is 24.9 Å². The molecule has 6 nitrogen and oxygen atoms in total. The van der Waals surface area contributed by atoms with Gasteiger partial charge >= 0.3 is 0 Å². The minimum atomic E-state index is -0.216. The second-order valence-corrected chi connectivity index (χ2v) is 6.50. The van der Waals surface area contributed by atoms with Crippen molar-refractivity contribution in [3.8, 4) is 5.75 Å². The van der Waals surface area contributed by atoms with Crippen molar-refractivity contribution in [2.45, 2.75) is 39.7 Å². The molecule has 1 heterocycles. The fraction of sp³-hybridized carbons (Fsp3) is 0.318. The highest BCUT2D eigenvalue weighted by molar-refractivity contribution is 6.00. The molecule has 1 amide bonds. The van der Waals surface area contributed by atoms with Crippen molar-refractivity contribution in [3.05, 3.63) is 54.1 Å². The zero-order valence-electron chi connectivity index (χ0n) is 16.3. The summed E-state index contributed by atoms with van der Waals surface area (Å²) >= 11 is 0. The third kappa shape index (κ3) is 4.57. The van der Waals surface area contributed by atoms with Gasteiger partial charge in [-0.05, 0) is 49.7 Å². The Hall–Kier alpha value is -3.15. The lowest BCUT2D eigenvalue weighted by Crippen LogP contribution is -2.17. The Morgan fingerprint density at radius 1 is 1.04 bits per heavy atom. The number of benzene rings is 2. The van der Waals surface area contributed by atoms with Gasteiger partial charge in [0.2, 0.25) is 11.9 Å². The van der Waals surface area contributed by atoms with E-state index in [0.717, 1.165) is 29.7 Å². The molecule has 0 aliphatic carbocycles. The summed E-state index contributed by atoms with van der Waals surface area (Å²) in [5.74, 6) is 0.973. The number of aromatic nitrogens is 2. The standard InChI is InChI=1S/C22H25N3O3/c1-3-15-25-19-8-6-5-7-18(19)23-22(25)24-21(27)14-13-20(26)16-9-11-17(12-10-16)28-4-2/h5-12H,3-4,13-15H2,1-2H3,(H,23,24,27). The van der Waals surface area contributed by atoms with Crippen LogP contribution >= 0.6 is 0 Å². The monoisotopic (exact) mass is 379 g/mol. The highest BCUT2D eigenvalue weighted by Crippen LogP contribution is 2.20. The molecule has 0 saturated heterocycles. The number of ketones is 1. The SMILES string of the molecule is CCCn1c(NC(=O)CCC(=O)c2ccc(OCC)cc2)nc2ccccc21. The van der Waals surface area contributed by atoms with Crippen LogP contribution in [0.25, 0.3) is 11.0 Å². The van der Waals surface area contributed by atoms with Crippen LogP contribution in [0.2, 0.25) is 0 Å². The number of amides is 1. The number of hydrogen-bond acceptors (Lipinski definition) is 4. The molecule has 3 rings (SSSR count). The van der Waals surface area contributed by atoms with Crippen molar-refractivity contribution in [1.29, 1.82) is 0 Å². The second-order valence-electron chi connectivity index (χ2n) is 6.50. The topological polar surface area (TPSA) is 73.2 Å². The molecule has 0 aliphatic heterocycles. The van der Waals surface area contributed by atoms with Gasteiger partial charge in [0.25, 0.3) is 0 Å². The van der Waals surface area contributed by atoms with Crippen LogP contribution in [0, 0.1) is 0 Å².